The molecule has 0 aliphatic rings. The fourth-order valence-electron chi connectivity index (χ4n) is 2.04. The number of aliphatic carboxylic acids is 1. The van der Waals surface area contributed by atoms with E-state index in [1.807, 2.05) is 24.3 Å². The summed E-state index contributed by atoms with van der Waals surface area (Å²) < 4.78 is 0. The van der Waals surface area contributed by atoms with Gasteiger partial charge in [0.2, 0.25) is 5.91 Å². The molecule has 3 N–H and O–H groups in total. The quantitative estimate of drug-likeness (QED) is 0.677. The Morgan fingerprint density at radius 1 is 1.19 bits per heavy atom. The van der Waals surface area contributed by atoms with Gasteiger partial charge in [-0.2, -0.15) is 0 Å². The van der Waals surface area contributed by atoms with Gasteiger partial charge in [0.25, 0.3) is 0 Å². The lowest BCUT2D eigenvalue weighted by atomic mass is 10.2. The molecule has 0 aliphatic heterocycles. The molecular weight excluding hydrogens is 270 g/mol. The van der Waals surface area contributed by atoms with E-state index in [0.717, 1.165) is 24.5 Å². The minimum absolute atomic E-state index is 0.138. The molecule has 0 spiro atoms. The highest BCUT2D eigenvalue weighted by Crippen LogP contribution is 2.17. The second-order valence-corrected chi connectivity index (χ2v) is 4.69. The zero-order valence-corrected chi connectivity index (χ0v) is 12.7. The van der Waals surface area contributed by atoms with E-state index >= 15 is 0 Å². The number of nitrogens with zero attached hydrogens (tertiary/aromatic N) is 1. The van der Waals surface area contributed by atoms with Gasteiger partial charge < -0.3 is 20.6 Å². The predicted octanol–water partition coefficient (Wildman–Crippen LogP) is 1.53. The number of carboxylic acids is 1. The summed E-state index contributed by atoms with van der Waals surface area (Å²) in [5.74, 6) is -1.42. The first-order chi connectivity index (χ1) is 9.97. The van der Waals surface area contributed by atoms with Gasteiger partial charge in [-0.15, -0.1) is 0 Å². The molecule has 116 valence electrons. The van der Waals surface area contributed by atoms with Gasteiger partial charge in [-0.05, 0) is 38.1 Å². The largest absolute Gasteiger partial charge is 0.480 e. The number of amides is 1. The first-order valence-corrected chi connectivity index (χ1v) is 7.06. The summed E-state index contributed by atoms with van der Waals surface area (Å²) in [5, 5.41) is 14.4. The molecule has 6 heteroatoms. The van der Waals surface area contributed by atoms with Gasteiger partial charge in [-0.3, -0.25) is 4.79 Å². The van der Waals surface area contributed by atoms with Crippen molar-refractivity contribution in [1.29, 1.82) is 0 Å². The van der Waals surface area contributed by atoms with Gasteiger partial charge in [0.1, 0.15) is 6.04 Å². The SMILES string of the molecule is CCN(CC)c1ccc(NCC(NC(C)=O)C(=O)O)cc1. The summed E-state index contributed by atoms with van der Waals surface area (Å²) in [6.07, 6.45) is 0. The number of benzene rings is 1. The lowest BCUT2D eigenvalue weighted by molar-refractivity contribution is -0.141. The van der Waals surface area contributed by atoms with Crippen LogP contribution in [0.15, 0.2) is 24.3 Å². The highest BCUT2D eigenvalue weighted by Gasteiger charge is 2.17. The van der Waals surface area contributed by atoms with Crippen LogP contribution in [0.25, 0.3) is 0 Å². The summed E-state index contributed by atoms with van der Waals surface area (Å²) in [7, 11) is 0. The third-order valence-corrected chi connectivity index (χ3v) is 3.18. The van der Waals surface area contributed by atoms with Crippen LogP contribution in [0.1, 0.15) is 20.8 Å². The Morgan fingerprint density at radius 3 is 2.19 bits per heavy atom. The second-order valence-electron chi connectivity index (χ2n) is 4.69. The average molecular weight is 293 g/mol. The van der Waals surface area contributed by atoms with Crippen molar-refractivity contribution in [1.82, 2.24) is 5.32 Å². The Labute approximate surface area is 125 Å². The van der Waals surface area contributed by atoms with Gasteiger partial charge >= 0.3 is 5.97 Å². The number of anilines is 2. The maximum Gasteiger partial charge on any atom is 0.328 e. The molecule has 21 heavy (non-hydrogen) atoms. The lowest BCUT2D eigenvalue weighted by Gasteiger charge is -2.21. The molecule has 1 atom stereocenters. The third kappa shape index (κ3) is 5.33. The van der Waals surface area contributed by atoms with Crippen LogP contribution < -0.4 is 15.5 Å². The summed E-state index contributed by atoms with van der Waals surface area (Å²) in [6.45, 7) is 7.51. The Kier molecular flexibility index (Phi) is 6.52. The van der Waals surface area contributed by atoms with E-state index in [1.54, 1.807) is 0 Å². The molecule has 1 amide bonds. The molecule has 0 saturated carbocycles. The van der Waals surface area contributed by atoms with Crippen LogP contribution in [-0.4, -0.2) is 42.7 Å². The molecular formula is C15H23N3O3. The Hall–Kier alpha value is -2.24. The van der Waals surface area contributed by atoms with Crippen LogP contribution >= 0.6 is 0 Å². The van der Waals surface area contributed by atoms with Gasteiger partial charge in [-0.1, -0.05) is 0 Å². The summed E-state index contributed by atoms with van der Waals surface area (Å²) in [5.41, 5.74) is 1.95. The van der Waals surface area contributed by atoms with E-state index in [9.17, 15) is 9.59 Å². The highest BCUT2D eigenvalue weighted by atomic mass is 16.4. The molecule has 1 rings (SSSR count). The minimum Gasteiger partial charge on any atom is -0.480 e. The third-order valence-electron chi connectivity index (χ3n) is 3.18. The number of carbonyl (C=O) groups is 2. The summed E-state index contributed by atoms with van der Waals surface area (Å²) in [6, 6.07) is 6.85. The summed E-state index contributed by atoms with van der Waals surface area (Å²) in [4.78, 5) is 24.2. The minimum atomic E-state index is -1.06. The van der Waals surface area contributed by atoms with E-state index in [1.165, 1.54) is 6.92 Å². The fraction of sp³-hybridized carbons (Fsp3) is 0.467. The van der Waals surface area contributed by atoms with Crippen molar-refractivity contribution in [3.8, 4) is 0 Å². The Morgan fingerprint density at radius 2 is 1.76 bits per heavy atom. The number of rotatable bonds is 8. The van der Waals surface area contributed by atoms with Crippen molar-refractivity contribution in [2.75, 3.05) is 29.9 Å². The van der Waals surface area contributed by atoms with Crippen molar-refractivity contribution in [2.24, 2.45) is 0 Å². The van der Waals surface area contributed by atoms with Crippen LogP contribution in [0.4, 0.5) is 11.4 Å². The zero-order chi connectivity index (χ0) is 15.8. The number of carbonyl (C=O) groups excluding carboxylic acids is 1. The van der Waals surface area contributed by atoms with E-state index in [0.29, 0.717) is 0 Å². The molecule has 1 unspecified atom stereocenters. The molecule has 0 aromatic heterocycles. The standard InChI is InChI=1S/C15H23N3O3/c1-4-18(5-2)13-8-6-12(7-9-13)16-10-14(15(20)21)17-11(3)19/h6-9,14,16H,4-5,10H2,1-3H3,(H,17,19)(H,20,21). The smallest absolute Gasteiger partial charge is 0.328 e. The average Bonchev–Trinajstić information content (AvgIpc) is 2.45. The number of nitrogens with one attached hydrogen (secondary N) is 2. The van der Waals surface area contributed by atoms with Crippen LogP contribution in [0.2, 0.25) is 0 Å². The van der Waals surface area contributed by atoms with Crippen LogP contribution in [-0.2, 0) is 9.59 Å². The highest BCUT2D eigenvalue weighted by molar-refractivity contribution is 5.82. The molecule has 0 saturated heterocycles. The Balaban J connectivity index is 2.62. The molecule has 6 nitrogen and oxygen atoms in total. The maximum atomic E-state index is 11.0. The van der Waals surface area contributed by atoms with Crippen LogP contribution in [0, 0.1) is 0 Å². The molecule has 0 heterocycles. The zero-order valence-electron chi connectivity index (χ0n) is 12.7. The number of carboxylic acid groups (broad SMARTS) is 1. The molecule has 1 aromatic rings. The van der Waals surface area contributed by atoms with Crippen molar-refractivity contribution in [3.63, 3.8) is 0 Å². The van der Waals surface area contributed by atoms with Crippen molar-refractivity contribution in [2.45, 2.75) is 26.8 Å². The van der Waals surface area contributed by atoms with E-state index < -0.39 is 12.0 Å². The normalized spacial score (nSPS) is 11.6. The first kappa shape index (κ1) is 16.8. The van der Waals surface area contributed by atoms with E-state index in [-0.39, 0.29) is 12.5 Å². The number of hydrogen-bond acceptors (Lipinski definition) is 4. The van der Waals surface area contributed by atoms with Crippen molar-refractivity contribution >= 4 is 23.3 Å². The van der Waals surface area contributed by atoms with Crippen molar-refractivity contribution in [3.05, 3.63) is 24.3 Å². The topological polar surface area (TPSA) is 81.7 Å². The van der Waals surface area contributed by atoms with E-state index in [2.05, 4.69) is 29.4 Å². The number of hydrogen-bond donors (Lipinski definition) is 3. The second kappa shape index (κ2) is 8.14. The van der Waals surface area contributed by atoms with Gasteiger partial charge in [0.15, 0.2) is 0 Å². The van der Waals surface area contributed by atoms with E-state index in [4.69, 9.17) is 5.11 Å². The van der Waals surface area contributed by atoms with Crippen molar-refractivity contribution < 1.29 is 14.7 Å². The van der Waals surface area contributed by atoms with Crippen LogP contribution in [0.5, 0.6) is 0 Å². The monoisotopic (exact) mass is 293 g/mol. The molecule has 0 aliphatic carbocycles. The van der Waals surface area contributed by atoms with Crippen LogP contribution in [0.3, 0.4) is 0 Å². The first-order valence-electron chi connectivity index (χ1n) is 7.06. The van der Waals surface area contributed by atoms with Gasteiger partial charge in [0.05, 0.1) is 0 Å². The molecule has 0 bridgehead atoms. The lowest BCUT2D eigenvalue weighted by Crippen LogP contribution is -2.44. The molecule has 0 radical (unpaired) electrons. The summed E-state index contributed by atoms with van der Waals surface area (Å²) >= 11 is 0. The fourth-order valence-corrected chi connectivity index (χ4v) is 2.04. The maximum absolute atomic E-state index is 11.0. The van der Waals surface area contributed by atoms with Gasteiger partial charge in [0, 0.05) is 37.9 Å². The predicted molar refractivity (Wildman–Crippen MR) is 83.7 cm³/mol. The molecule has 0 fully saturated rings. The molecule has 1 aromatic carbocycles. The Bertz CT molecular complexity index is 470. The van der Waals surface area contributed by atoms with Gasteiger partial charge in [-0.25, -0.2) is 4.79 Å².